The topological polar surface area (TPSA) is 23.5 Å². The molecule has 1 aliphatic carbocycles. The van der Waals surface area contributed by atoms with Gasteiger partial charge in [-0.05, 0) is 47.1 Å². The van der Waals surface area contributed by atoms with E-state index in [2.05, 4.69) is 79.6 Å². The molecule has 0 saturated carbocycles. The number of aromatic hydroxyl groups is 1. The summed E-state index contributed by atoms with van der Waals surface area (Å²) in [6, 6.07) is 8.83. The van der Waals surface area contributed by atoms with Crippen LogP contribution in [0.2, 0.25) is 0 Å². The molecule has 124 valence electrons. The number of fused-ring (bicyclic) bond motifs is 4. The summed E-state index contributed by atoms with van der Waals surface area (Å²) in [5.41, 5.74) is 5.84. The Labute approximate surface area is 147 Å². The van der Waals surface area contributed by atoms with Gasteiger partial charge in [0.2, 0.25) is 0 Å². The van der Waals surface area contributed by atoms with E-state index in [0.717, 1.165) is 17.7 Å². The van der Waals surface area contributed by atoms with Crippen molar-refractivity contribution in [2.75, 3.05) is 0 Å². The number of rotatable bonds is 1. The van der Waals surface area contributed by atoms with Crippen molar-refractivity contribution in [2.45, 2.75) is 32.4 Å². The van der Waals surface area contributed by atoms with Crippen LogP contribution in [0.5, 0.6) is 5.75 Å². The molecule has 0 amide bonds. The highest BCUT2D eigenvalue weighted by Gasteiger charge is 2.33. The Balaban J connectivity index is 1.73. The van der Waals surface area contributed by atoms with Crippen LogP contribution in [-0.2, 0) is 6.54 Å². The fraction of sp³-hybridized carbons (Fsp3) is 0.217. The largest absolute Gasteiger partial charge is 0.507 e. The van der Waals surface area contributed by atoms with Crippen molar-refractivity contribution in [2.24, 2.45) is 0 Å². The molecule has 1 unspecified atom stereocenters. The van der Waals surface area contributed by atoms with Crippen molar-refractivity contribution >= 4 is 12.3 Å². The Hall–Kier alpha value is -2.74. The van der Waals surface area contributed by atoms with Crippen LogP contribution in [0.3, 0.4) is 0 Å². The van der Waals surface area contributed by atoms with Gasteiger partial charge in [-0.15, -0.1) is 0 Å². The number of allylic oxidation sites excluding steroid dienone is 4. The van der Waals surface area contributed by atoms with Crippen LogP contribution in [0.1, 0.15) is 39.8 Å². The van der Waals surface area contributed by atoms with Gasteiger partial charge in [-0.1, -0.05) is 48.6 Å². The summed E-state index contributed by atoms with van der Waals surface area (Å²) in [6.07, 6.45) is 13.0. The van der Waals surface area contributed by atoms with Crippen LogP contribution < -0.4 is 10.4 Å². The van der Waals surface area contributed by atoms with Gasteiger partial charge in [0.15, 0.2) is 0 Å². The third kappa shape index (κ3) is 2.03. The first kappa shape index (κ1) is 14.6. The van der Waals surface area contributed by atoms with Crippen molar-refractivity contribution in [3.8, 4) is 5.75 Å². The molecule has 2 heteroatoms. The molecule has 0 aromatic heterocycles. The molecule has 0 bridgehead atoms. The molecular formula is C23H21NO. The van der Waals surface area contributed by atoms with E-state index in [1.54, 1.807) is 0 Å². The minimum absolute atomic E-state index is 0.123. The molecule has 1 N–H and O–H groups in total. The molecule has 5 rings (SSSR count). The van der Waals surface area contributed by atoms with Gasteiger partial charge in [0.05, 0.1) is 6.04 Å². The van der Waals surface area contributed by atoms with Crippen LogP contribution in [0.25, 0.3) is 12.3 Å². The maximum absolute atomic E-state index is 11.2. The van der Waals surface area contributed by atoms with Gasteiger partial charge < -0.3 is 10.0 Å². The summed E-state index contributed by atoms with van der Waals surface area (Å²) in [7, 11) is 0. The Bertz CT molecular complexity index is 1060. The molecule has 2 aromatic carbocycles. The van der Waals surface area contributed by atoms with Crippen LogP contribution >= 0.6 is 0 Å². The second-order valence-electron chi connectivity index (χ2n) is 7.31. The lowest BCUT2D eigenvalue weighted by molar-refractivity contribution is 0.389. The Morgan fingerprint density at radius 1 is 1.04 bits per heavy atom. The third-order valence-electron chi connectivity index (χ3n) is 5.75. The summed E-state index contributed by atoms with van der Waals surface area (Å²) >= 11 is 0. The highest BCUT2D eigenvalue weighted by molar-refractivity contribution is 5.63. The number of nitrogens with zero attached hydrogens (tertiary/aromatic N) is 1. The molecule has 2 nitrogen and oxygen atoms in total. The van der Waals surface area contributed by atoms with Crippen LogP contribution in [0, 0.1) is 13.8 Å². The van der Waals surface area contributed by atoms with Gasteiger partial charge in [0, 0.05) is 29.8 Å². The maximum atomic E-state index is 11.2. The zero-order chi connectivity index (χ0) is 17.1. The minimum atomic E-state index is 0.123. The van der Waals surface area contributed by atoms with E-state index in [-0.39, 0.29) is 12.0 Å². The second-order valence-corrected chi connectivity index (χ2v) is 7.31. The van der Waals surface area contributed by atoms with Crippen molar-refractivity contribution in [3.63, 3.8) is 0 Å². The lowest BCUT2D eigenvalue weighted by Crippen LogP contribution is -2.36. The third-order valence-corrected chi connectivity index (χ3v) is 5.75. The lowest BCUT2D eigenvalue weighted by atomic mass is 9.88. The maximum Gasteiger partial charge on any atom is 0.125 e. The zero-order valence-corrected chi connectivity index (χ0v) is 14.5. The molecule has 0 saturated heterocycles. The van der Waals surface area contributed by atoms with E-state index in [1.807, 2.05) is 0 Å². The standard InChI is InChI=1S/C23H21NO/c1-14-6-5-9-17-12-24-13-18-10-15(2)21(16-7-3-4-8-16)23(25)22(18)20(24)11-19(14)17/h3-12,16,20,25H,13H2,1-2H3. The summed E-state index contributed by atoms with van der Waals surface area (Å²) < 4.78 is 0. The number of aryl methyl sites for hydroxylation is 2. The van der Waals surface area contributed by atoms with Crippen molar-refractivity contribution < 1.29 is 5.11 Å². The van der Waals surface area contributed by atoms with Gasteiger partial charge in [-0.3, -0.25) is 0 Å². The van der Waals surface area contributed by atoms with Gasteiger partial charge >= 0.3 is 0 Å². The summed E-state index contributed by atoms with van der Waals surface area (Å²) in [4.78, 5) is 2.34. The van der Waals surface area contributed by atoms with Gasteiger partial charge in [-0.2, -0.15) is 0 Å². The number of hydrogen-bond donors (Lipinski definition) is 1. The fourth-order valence-electron chi connectivity index (χ4n) is 4.55. The quantitative estimate of drug-likeness (QED) is 0.869. The molecule has 0 spiro atoms. The van der Waals surface area contributed by atoms with Crippen molar-refractivity contribution in [3.05, 3.63) is 86.8 Å². The number of phenols is 1. The first-order chi connectivity index (χ1) is 12.1. The van der Waals surface area contributed by atoms with E-state index in [1.165, 1.54) is 27.1 Å². The van der Waals surface area contributed by atoms with E-state index >= 15 is 0 Å². The SMILES string of the molecule is Cc1cc2c(c(O)c1C1C=CC=C1)C1C=c3c(C)cccc3=CN1C2. The number of phenolic OH excluding ortho intramolecular Hbond substituents is 1. The van der Waals surface area contributed by atoms with E-state index in [4.69, 9.17) is 0 Å². The van der Waals surface area contributed by atoms with E-state index < -0.39 is 0 Å². The molecule has 0 fully saturated rings. The predicted molar refractivity (Wildman–Crippen MR) is 102 cm³/mol. The molecular weight excluding hydrogens is 306 g/mol. The minimum Gasteiger partial charge on any atom is -0.507 e. The highest BCUT2D eigenvalue weighted by atomic mass is 16.3. The summed E-state index contributed by atoms with van der Waals surface area (Å²) in [5.74, 6) is 0.659. The molecule has 2 aliphatic heterocycles. The van der Waals surface area contributed by atoms with E-state index in [0.29, 0.717) is 5.75 Å². The normalized spacial score (nSPS) is 20.1. The van der Waals surface area contributed by atoms with Gasteiger partial charge in [-0.25, -0.2) is 0 Å². The molecule has 25 heavy (non-hydrogen) atoms. The highest BCUT2D eigenvalue weighted by Crippen LogP contribution is 2.46. The monoisotopic (exact) mass is 327 g/mol. The predicted octanol–water partition coefficient (Wildman–Crippen LogP) is 3.31. The molecule has 3 aliphatic rings. The van der Waals surface area contributed by atoms with Gasteiger partial charge in [0.1, 0.15) is 5.75 Å². The number of hydrogen-bond acceptors (Lipinski definition) is 2. The summed E-state index contributed by atoms with van der Waals surface area (Å²) in [6.45, 7) is 5.12. The van der Waals surface area contributed by atoms with E-state index in [9.17, 15) is 5.11 Å². The second kappa shape index (κ2) is 5.13. The lowest BCUT2D eigenvalue weighted by Gasteiger charge is -2.25. The van der Waals surface area contributed by atoms with Crippen molar-refractivity contribution in [1.29, 1.82) is 0 Å². The van der Waals surface area contributed by atoms with Gasteiger partial charge in [0.25, 0.3) is 0 Å². The van der Waals surface area contributed by atoms with Crippen LogP contribution in [0.4, 0.5) is 0 Å². The average Bonchev–Trinajstić information content (AvgIpc) is 3.20. The Kier molecular flexibility index (Phi) is 2.99. The zero-order valence-electron chi connectivity index (χ0n) is 14.5. The van der Waals surface area contributed by atoms with Crippen molar-refractivity contribution in [1.82, 2.24) is 4.90 Å². The molecule has 2 heterocycles. The Morgan fingerprint density at radius 2 is 1.84 bits per heavy atom. The smallest absolute Gasteiger partial charge is 0.125 e. The molecule has 1 atom stereocenters. The fourth-order valence-corrected chi connectivity index (χ4v) is 4.55. The average molecular weight is 327 g/mol. The number of benzene rings is 2. The van der Waals surface area contributed by atoms with Crippen LogP contribution in [-0.4, -0.2) is 10.0 Å². The van der Waals surface area contributed by atoms with Crippen LogP contribution in [0.15, 0.2) is 48.6 Å². The summed E-state index contributed by atoms with van der Waals surface area (Å²) in [5, 5.41) is 13.7. The first-order valence-electron chi connectivity index (χ1n) is 8.89. The molecule has 0 radical (unpaired) electrons. The molecule has 2 aromatic rings. The Morgan fingerprint density at radius 3 is 2.64 bits per heavy atom. The first-order valence-corrected chi connectivity index (χ1v) is 8.89.